The highest BCUT2D eigenvalue weighted by atomic mass is 32.1. The van der Waals surface area contributed by atoms with Crippen molar-refractivity contribution in [3.8, 4) is 0 Å². The minimum absolute atomic E-state index is 0.00310. The van der Waals surface area contributed by atoms with E-state index in [1.165, 1.54) is 18.4 Å². The fourth-order valence-corrected chi connectivity index (χ4v) is 5.83. The Morgan fingerprint density at radius 2 is 2.12 bits per heavy atom. The van der Waals surface area contributed by atoms with Crippen LogP contribution in [0, 0.1) is 6.92 Å². The molecule has 0 aromatic carbocycles. The number of hydrogen-bond acceptors (Lipinski definition) is 7. The second-order valence-electron chi connectivity index (χ2n) is 8.79. The minimum atomic E-state index is -0.797. The van der Waals surface area contributed by atoms with Gasteiger partial charge in [-0.05, 0) is 39.0 Å². The van der Waals surface area contributed by atoms with Crippen molar-refractivity contribution in [1.82, 2.24) is 23.7 Å². The first-order valence-electron chi connectivity index (χ1n) is 11.0. The van der Waals surface area contributed by atoms with Gasteiger partial charge in [-0.15, -0.1) is 11.3 Å². The second-order valence-corrected chi connectivity index (χ2v) is 9.88. The van der Waals surface area contributed by atoms with Gasteiger partial charge < -0.3 is 9.67 Å². The van der Waals surface area contributed by atoms with Crippen LogP contribution in [0.4, 0.5) is 0 Å². The van der Waals surface area contributed by atoms with Gasteiger partial charge in [0.1, 0.15) is 23.2 Å². The molecule has 1 atom stereocenters. The van der Waals surface area contributed by atoms with Crippen LogP contribution < -0.4 is 11.2 Å². The molecule has 1 N–H and O–H groups in total. The predicted molar refractivity (Wildman–Crippen MR) is 128 cm³/mol. The number of β-amino-alcohol motifs (C(OH)–C–C–N with tert-alkyl or cyclic N) is 1. The maximum absolute atomic E-state index is 13.6. The third-order valence-electron chi connectivity index (χ3n) is 6.11. The van der Waals surface area contributed by atoms with E-state index in [0.717, 1.165) is 26.4 Å². The van der Waals surface area contributed by atoms with Gasteiger partial charge in [-0.3, -0.25) is 23.6 Å². The van der Waals surface area contributed by atoms with Gasteiger partial charge in [0, 0.05) is 35.2 Å². The fraction of sp³-hybridized carbons (Fsp3) is 0.391. The highest BCUT2D eigenvalue weighted by molar-refractivity contribution is 7.19. The van der Waals surface area contributed by atoms with Crippen LogP contribution in [0.5, 0.6) is 0 Å². The van der Waals surface area contributed by atoms with Crippen LogP contribution in [0.3, 0.4) is 0 Å². The van der Waals surface area contributed by atoms with Crippen molar-refractivity contribution in [1.29, 1.82) is 0 Å². The first kappa shape index (κ1) is 22.5. The lowest BCUT2D eigenvalue weighted by Gasteiger charge is -2.16. The lowest BCUT2D eigenvalue weighted by Crippen LogP contribution is -2.39. The standard InChI is InChI=1S/C23H25N5O5S/c1-12(2)28-22-18(20(30)25(4)23(28)32)17(21(31)27-9-15(29)11-33-27)16(34-22)10-26-13(3)8-14-6-5-7-24-19(14)26/h5-8,12,15,29H,9-11H2,1-4H3. The zero-order chi connectivity index (χ0) is 24.3. The van der Waals surface area contributed by atoms with Gasteiger partial charge in [0.25, 0.3) is 11.5 Å². The summed E-state index contributed by atoms with van der Waals surface area (Å²) in [4.78, 5) is 50.8. The molecule has 0 radical (unpaired) electrons. The molecule has 1 saturated heterocycles. The normalized spacial score (nSPS) is 16.4. The van der Waals surface area contributed by atoms with Gasteiger partial charge in [-0.25, -0.2) is 14.8 Å². The Balaban J connectivity index is 1.80. The number of aryl methyl sites for hydroxylation is 1. The number of hydrogen-bond donors (Lipinski definition) is 1. The number of amides is 1. The molecule has 5 heterocycles. The van der Waals surface area contributed by atoms with Gasteiger partial charge in [0.2, 0.25) is 0 Å². The molecule has 4 aromatic rings. The SMILES string of the molecule is Cc1cc2cccnc2n1Cc1sc2c(c1C(=O)N1CC(O)CO1)c(=O)n(C)c(=O)n2C(C)C. The van der Waals surface area contributed by atoms with Crippen molar-refractivity contribution < 1.29 is 14.7 Å². The van der Waals surface area contributed by atoms with E-state index in [0.29, 0.717) is 16.3 Å². The summed E-state index contributed by atoms with van der Waals surface area (Å²) in [6.45, 7) is 5.98. The topological polar surface area (TPSA) is 112 Å². The van der Waals surface area contributed by atoms with E-state index in [4.69, 9.17) is 4.84 Å². The van der Waals surface area contributed by atoms with Crippen LogP contribution in [-0.4, -0.2) is 54.0 Å². The molecule has 10 nitrogen and oxygen atoms in total. The Morgan fingerprint density at radius 1 is 1.35 bits per heavy atom. The Bertz CT molecular complexity index is 1560. The maximum Gasteiger partial charge on any atom is 0.332 e. The summed E-state index contributed by atoms with van der Waals surface area (Å²) in [5.41, 5.74) is 0.941. The second kappa shape index (κ2) is 8.19. The van der Waals surface area contributed by atoms with Gasteiger partial charge >= 0.3 is 5.69 Å². The summed E-state index contributed by atoms with van der Waals surface area (Å²) in [7, 11) is 1.41. The van der Waals surface area contributed by atoms with Crippen molar-refractivity contribution in [3.63, 3.8) is 0 Å². The summed E-state index contributed by atoms with van der Waals surface area (Å²) in [5.74, 6) is -0.508. The average molecular weight is 484 g/mol. The van der Waals surface area contributed by atoms with Crippen LogP contribution in [-0.2, 0) is 18.4 Å². The number of nitrogens with zero attached hydrogens (tertiary/aromatic N) is 5. The molecule has 4 aromatic heterocycles. The van der Waals surface area contributed by atoms with Gasteiger partial charge in [-0.2, -0.15) is 0 Å². The molecule has 0 spiro atoms. The zero-order valence-corrected chi connectivity index (χ0v) is 20.1. The van der Waals surface area contributed by atoms with Gasteiger partial charge in [-0.1, -0.05) is 0 Å². The number of carbonyl (C=O) groups excluding carboxylic acids is 1. The van der Waals surface area contributed by atoms with E-state index < -0.39 is 23.3 Å². The molecule has 0 aliphatic carbocycles. The van der Waals surface area contributed by atoms with Gasteiger partial charge in [0.15, 0.2) is 0 Å². The molecule has 1 amide bonds. The number of rotatable bonds is 4. The molecule has 34 heavy (non-hydrogen) atoms. The maximum atomic E-state index is 13.6. The summed E-state index contributed by atoms with van der Waals surface area (Å²) < 4.78 is 4.56. The Labute approximate surface area is 198 Å². The molecular formula is C23H25N5O5S. The summed E-state index contributed by atoms with van der Waals surface area (Å²) in [6, 6.07) is 5.62. The highest BCUT2D eigenvalue weighted by Gasteiger charge is 2.33. The minimum Gasteiger partial charge on any atom is -0.389 e. The van der Waals surface area contributed by atoms with Crippen molar-refractivity contribution in [3.05, 3.63) is 61.4 Å². The lowest BCUT2D eigenvalue weighted by atomic mass is 10.1. The average Bonchev–Trinajstić information content (AvgIpc) is 3.47. The Morgan fingerprint density at radius 3 is 2.79 bits per heavy atom. The van der Waals surface area contributed by atoms with Crippen LogP contribution in [0.15, 0.2) is 34.0 Å². The number of aliphatic hydroxyl groups excluding tert-OH is 1. The smallest absolute Gasteiger partial charge is 0.332 e. The lowest BCUT2D eigenvalue weighted by molar-refractivity contribution is -0.0778. The largest absolute Gasteiger partial charge is 0.389 e. The highest BCUT2D eigenvalue weighted by Crippen LogP contribution is 2.33. The number of pyridine rings is 1. The van der Waals surface area contributed by atoms with Crippen LogP contribution in [0.1, 0.15) is 40.8 Å². The van der Waals surface area contributed by atoms with Crippen molar-refractivity contribution in [2.24, 2.45) is 7.05 Å². The van der Waals surface area contributed by atoms with Crippen LogP contribution in [0.2, 0.25) is 0 Å². The molecule has 5 rings (SSSR count). The third-order valence-corrected chi connectivity index (χ3v) is 7.29. The summed E-state index contributed by atoms with van der Waals surface area (Å²) in [5, 5.41) is 12.2. The Kier molecular flexibility index (Phi) is 5.42. The summed E-state index contributed by atoms with van der Waals surface area (Å²) in [6.07, 6.45) is 0.912. The van der Waals surface area contributed by atoms with E-state index >= 15 is 0 Å². The molecule has 178 valence electrons. The van der Waals surface area contributed by atoms with Crippen molar-refractivity contribution in [2.45, 2.75) is 39.5 Å². The third kappa shape index (κ3) is 3.39. The number of carbonyl (C=O) groups is 1. The summed E-state index contributed by atoms with van der Waals surface area (Å²) >= 11 is 1.25. The van der Waals surface area contributed by atoms with E-state index in [2.05, 4.69) is 4.98 Å². The zero-order valence-electron chi connectivity index (χ0n) is 19.3. The van der Waals surface area contributed by atoms with E-state index in [1.807, 2.05) is 43.5 Å². The number of aliphatic hydroxyl groups is 1. The molecule has 0 saturated carbocycles. The van der Waals surface area contributed by atoms with E-state index in [-0.39, 0.29) is 30.1 Å². The van der Waals surface area contributed by atoms with Crippen LogP contribution in [0.25, 0.3) is 21.3 Å². The molecular weight excluding hydrogens is 458 g/mol. The quantitative estimate of drug-likeness (QED) is 0.474. The first-order chi connectivity index (χ1) is 16.2. The number of thiophene rings is 1. The molecule has 1 unspecified atom stereocenters. The molecule has 1 aliphatic rings. The molecule has 1 aliphatic heterocycles. The van der Waals surface area contributed by atoms with Gasteiger partial charge in [0.05, 0.1) is 24.0 Å². The number of hydroxylamine groups is 2. The Hall–Kier alpha value is -3.28. The van der Waals surface area contributed by atoms with Crippen molar-refractivity contribution >= 4 is 38.5 Å². The molecule has 0 bridgehead atoms. The number of aromatic nitrogens is 4. The molecule has 1 fully saturated rings. The van der Waals surface area contributed by atoms with E-state index in [9.17, 15) is 19.5 Å². The predicted octanol–water partition coefficient (Wildman–Crippen LogP) is 1.80. The number of fused-ring (bicyclic) bond motifs is 2. The fourth-order valence-electron chi connectivity index (χ4n) is 4.43. The molecule has 11 heteroatoms. The first-order valence-corrected chi connectivity index (χ1v) is 11.8. The van der Waals surface area contributed by atoms with E-state index in [1.54, 1.807) is 10.8 Å². The monoisotopic (exact) mass is 483 g/mol. The van der Waals surface area contributed by atoms with Crippen molar-refractivity contribution in [2.75, 3.05) is 13.2 Å². The van der Waals surface area contributed by atoms with Crippen LogP contribution >= 0.6 is 11.3 Å².